The molecule has 1 saturated heterocycles. The van der Waals surface area contributed by atoms with Crippen LogP contribution >= 0.6 is 0 Å². The number of nitrogens with zero attached hydrogens (tertiary/aromatic N) is 3. The second kappa shape index (κ2) is 3.81. The molecule has 7 nitrogen and oxygen atoms in total. The average Bonchev–Trinajstić information content (AvgIpc) is 2.43. The molecule has 1 fully saturated rings. The maximum absolute atomic E-state index is 12.0. The number of imidazole rings is 1. The number of carbonyl (C=O) groups excluding carboxylic acids is 1. The zero-order valence-corrected chi connectivity index (χ0v) is 10.3. The Kier molecular flexibility index (Phi) is 2.70. The molecule has 0 aliphatic carbocycles. The fourth-order valence-corrected chi connectivity index (χ4v) is 3.12. The van der Waals surface area contributed by atoms with Crippen LogP contribution in [0.1, 0.15) is 5.82 Å². The predicted molar refractivity (Wildman–Crippen MR) is 55.2 cm³/mol. The van der Waals surface area contributed by atoms with E-state index in [1.165, 1.54) is 6.20 Å². The van der Waals surface area contributed by atoms with E-state index < -0.39 is 21.9 Å². The van der Waals surface area contributed by atoms with Gasteiger partial charge in [-0.25, -0.2) is 13.4 Å². The molecule has 0 aromatic carbocycles. The number of aromatic nitrogens is 2. The van der Waals surface area contributed by atoms with Crippen molar-refractivity contribution in [1.82, 2.24) is 13.9 Å². The number of carboxylic acids is 1. The van der Waals surface area contributed by atoms with Crippen molar-refractivity contribution in [3.8, 4) is 0 Å². The Hall–Kier alpha value is -1.41. The molecular weight excluding hydrogens is 246 g/mol. The maximum Gasteiger partial charge on any atom is 0.262 e. The number of sulfonamides is 1. The molecule has 1 aromatic heterocycles. The second-order valence-corrected chi connectivity index (χ2v) is 5.96. The third-order valence-electron chi connectivity index (χ3n) is 2.87. The number of hydrogen-bond acceptors (Lipinski definition) is 5. The minimum Gasteiger partial charge on any atom is -0.550 e. The van der Waals surface area contributed by atoms with Crippen molar-refractivity contribution in [3.05, 3.63) is 12.0 Å². The van der Waals surface area contributed by atoms with Crippen molar-refractivity contribution in [2.45, 2.75) is 11.9 Å². The van der Waals surface area contributed by atoms with Gasteiger partial charge in [-0.2, -0.15) is 4.31 Å². The molecule has 1 aliphatic heterocycles. The van der Waals surface area contributed by atoms with Crippen molar-refractivity contribution in [1.29, 1.82) is 0 Å². The highest BCUT2D eigenvalue weighted by Gasteiger charge is 2.38. The third-order valence-corrected chi connectivity index (χ3v) is 4.58. The molecule has 0 amide bonds. The van der Waals surface area contributed by atoms with Gasteiger partial charge in [-0.15, -0.1) is 0 Å². The average molecular weight is 258 g/mol. The van der Waals surface area contributed by atoms with Crippen LogP contribution in [0.2, 0.25) is 0 Å². The zero-order valence-electron chi connectivity index (χ0n) is 9.45. The van der Waals surface area contributed by atoms with Crippen molar-refractivity contribution in [2.24, 2.45) is 13.0 Å². The molecule has 0 saturated carbocycles. The van der Waals surface area contributed by atoms with E-state index in [2.05, 4.69) is 4.98 Å². The quantitative estimate of drug-likeness (QED) is 0.631. The number of aryl methyl sites for hydroxylation is 2. The van der Waals surface area contributed by atoms with E-state index in [4.69, 9.17) is 0 Å². The number of rotatable bonds is 3. The van der Waals surface area contributed by atoms with Crippen molar-refractivity contribution in [2.75, 3.05) is 13.1 Å². The summed E-state index contributed by atoms with van der Waals surface area (Å²) in [6.45, 7) is 1.61. The molecule has 8 heteroatoms. The summed E-state index contributed by atoms with van der Waals surface area (Å²) in [6.07, 6.45) is 1.41. The summed E-state index contributed by atoms with van der Waals surface area (Å²) < 4.78 is 26.7. The Morgan fingerprint density at radius 1 is 1.53 bits per heavy atom. The number of carbonyl (C=O) groups is 1. The summed E-state index contributed by atoms with van der Waals surface area (Å²) in [7, 11) is -1.96. The molecule has 0 bridgehead atoms. The minimum atomic E-state index is -3.66. The van der Waals surface area contributed by atoms with Crippen molar-refractivity contribution < 1.29 is 18.3 Å². The van der Waals surface area contributed by atoms with Gasteiger partial charge in [0.2, 0.25) is 0 Å². The van der Waals surface area contributed by atoms with Crippen LogP contribution in [0.5, 0.6) is 0 Å². The highest BCUT2D eigenvalue weighted by atomic mass is 32.2. The smallest absolute Gasteiger partial charge is 0.262 e. The molecular formula is C9H12N3O4S-. The fraction of sp³-hybridized carbons (Fsp3) is 0.556. The molecule has 0 spiro atoms. The molecule has 0 unspecified atom stereocenters. The van der Waals surface area contributed by atoms with Crippen molar-refractivity contribution in [3.63, 3.8) is 0 Å². The summed E-state index contributed by atoms with van der Waals surface area (Å²) in [5.41, 5.74) is 0. The van der Waals surface area contributed by atoms with Gasteiger partial charge in [-0.05, 0) is 6.92 Å². The molecule has 0 N–H and O–H groups in total. The first-order valence-corrected chi connectivity index (χ1v) is 6.47. The van der Waals surface area contributed by atoms with Gasteiger partial charge in [0.1, 0.15) is 5.82 Å². The fourth-order valence-electron chi connectivity index (χ4n) is 1.57. The minimum absolute atomic E-state index is 0.0414. The molecule has 1 aromatic rings. The Morgan fingerprint density at radius 3 is 2.53 bits per heavy atom. The van der Waals surface area contributed by atoms with Crippen LogP contribution in [0.3, 0.4) is 0 Å². The SMILES string of the molecule is Cc1nc(S(=O)(=O)N2CC(C(=O)[O-])C2)cn1C. The topological polar surface area (TPSA) is 95.3 Å². The third kappa shape index (κ3) is 1.93. The van der Waals surface area contributed by atoms with Gasteiger partial charge in [0, 0.05) is 38.2 Å². The van der Waals surface area contributed by atoms with E-state index in [1.807, 2.05) is 0 Å². The van der Waals surface area contributed by atoms with E-state index in [-0.39, 0.29) is 18.1 Å². The van der Waals surface area contributed by atoms with Gasteiger partial charge >= 0.3 is 0 Å². The lowest BCUT2D eigenvalue weighted by Crippen LogP contribution is -2.56. The highest BCUT2D eigenvalue weighted by Crippen LogP contribution is 2.24. The van der Waals surface area contributed by atoms with Crippen LogP contribution in [0.4, 0.5) is 0 Å². The lowest BCUT2D eigenvalue weighted by Gasteiger charge is -2.37. The van der Waals surface area contributed by atoms with Crippen molar-refractivity contribution >= 4 is 16.0 Å². The van der Waals surface area contributed by atoms with E-state index in [0.29, 0.717) is 5.82 Å². The van der Waals surface area contributed by atoms with Gasteiger partial charge in [-0.1, -0.05) is 0 Å². The van der Waals surface area contributed by atoms with Crippen LogP contribution in [-0.2, 0) is 21.9 Å². The first-order chi connectivity index (χ1) is 7.82. The molecule has 0 atom stereocenters. The summed E-state index contributed by atoms with van der Waals surface area (Å²) in [5.74, 6) is -1.34. The van der Waals surface area contributed by atoms with E-state index in [1.54, 1.807) is 18.5 Å². The monoisotopic (exact) mass is 258 g/mol. The standard InChI is InChI=1S/C9H13N3O4S/c1-6-10-8(5-11(6)2)17(15,16)12-3-7(4-12)9(13)14/h5,7H,3-4H2,1-2H3,(H,13,14)/p-1. The van der Waals surface area contributed by atoms with Gasteiger partial charge in [0.25, 0.3) is 10.0 Å². The summed E-state index contributed by atoms with van der Waals surface area (Å²) in [6, 6.07) is 0. The van der Waals surface area contributed by atoms with E-state index in [0.717, 1.165) is 4.31 Å². The number of aliphatic carboxylic acids is 1. The highest BCUT2D eigenvalue weighted by molar-refractivity contribution is 7.89. The van der Waals surface area contributed by atoms with E-state index in [9.17, 15) is 18.3 Å². The Balaban J connectivity index is 2.19. The molecule has 0 radical (unpaired) electrons. The first-order valence-electron chi connectivity index (χ1n) is 5.03. The van der Waals surface area contributed by atoms with Gasteiger partial charge < -0.3 is 14.5 Å². The Labute approximate surface area is 98.7 Å². The molecule has 2 heterocycles. The van der Waals surface area contributed by atoms with Gasteiger partial charge in [-0.3, -0.25) is 0 Å². The normalized spacial score (nSPS) is 18.0. The Bertz CT molecular complexity index is 537. The molecule has 17 heavy (non-hydrogen) atoms. The van der Waals surface area contributed by atoms with Crippen LogP contribution in [0, 0.1) is 12.8 Å². The van der Waals surface area contributed by atoms with Crippen LogP contribution < -0.4 is 5.11 Å². The van der Waals surface area contributed by atoms with Gasteiger partial charge in [0.15, 0.2) is 5.03 Å². The second-order valence-electron chi connectivity index (χ2n) is 4.08. The van der Waals surface area contributed by atoms with Gasteiger partial charge in [0.05, 0.1) is 0 Å². The summed E-state index contributed by atoms with van der Waals surface area (Å²) in [4.78, 5) is 14.4. The largest absolute Gasteiger partial charge is 0.550 e. The number of hydrogen-bond donors (Lipinski definition) is 0. The lowest BCUT2D eigenvalue weighted by molar-refractivity contribution is -0.314. The van der Waals surface area contributed by atoms with Crippen LogP contribution in [-0.4, -0.2) is 41.3 Å². The molecule has 2 rings (SSSR count). The molecule has 1 aliphatic rings. The first kappa shape index (κ1) is 12.1. The zero-order chi connectivity index (χ0) is 12.8. The maximum atomic E-state index is 12.0. The Morgan fingerprint density at radius 2 is 2.12 bits per heavy atom. The molecule has 94 valence electrons. The van der Waals surface area contributed by atoms with Crippen LogP contribution in [0.15, 0.2) is 11.2 Å². The van der Waals surface area contributed by atoms with Crippen LogP contribution in [0.25, 0.3) is 0 Å². The number of carboxylic acid groups (broad SMARTS) is 1. The summed E-state index contributed by atoms with van der Waals surface area (Å²) in [5, 5.41) is 10.4. The van der Waals surface area contributed by atoms with E-state index >= 15 is 0 Å². The lowest BCUT2D eigenvalue weighted by atomic mass is 10.0. The predicted octanol–water partition coefficient (Wildman–Crippen LogP) is -1.90. The summed E-state index contributed by atoms with van der Waals surface area (Å²) >= 11 is 0.